The summed E-state index contributed by atoms with van der Waals surface area (Å²) >= 11 is 0. The van der Waals surface area contributed by atoms with Crippen LogP contribution in [0, 0.1) is 34.5 Å². The Morgan fingerprint density at radius 2 is 2.13 bits per heavy atom. The molecule has 0 bridgehead atoms. The van der Waals surface area contributed by atoms with E-state index in [9.17, 15) is 9.90 Å². The van der Waals surface area contributed by atoms with Crippen LogP contribution in [0.4, 0.5) is 0 Å². The zero-order valence-corrected chi connectivity index (χ0v) is 14.8. The molecular formula is C21H32O2. The molecule has 2 heteroatoms. The summed E-state index contributed by atoms with van der Waals surface area (Å²) in [4.78, 5) is 11.1. The maximum Gasteiger partial charge on any atom is 0.120 e. The lowest BCUT2D eigenvalue weighted by atomic mass is 9.46. The number of hydrogen-bond donors (Lipinski definition) is 1. The highest BCUT2D eigenvalue weighted by Gasteiger charge is 2.60. The van der Waals surface area contributed by atoms with E-state index in [1.165, 1.54) is 44.9 Å². The van der Waals surface area contributed by atoms with E-state index in [0.29, 0.717) is 30.1 Å². The number of rotatable bonds is 2. The van der Waals surface area contributed by atoms with Crippen LogP contribution in [0.1, 0.15) is 71.6 Å². The maximum atomic E-state index is 11.2. The summed E-state index contributed by atoms with van der Waals surface area (Å²) in [6, 6.07) is 0. The Labute approximate surface area is 140 Å². The molecule has 0 aromatic carbocycles. The summed E-state index contributed by atoms with van der Waals surface area (Å²) in [6.45, 7) is 4.82. The van der Waals surface area contributed by atoms with Gasteiger partial charge in [-0.25, -0.2) is 0 Å². The number of aliphatic hydroxyl groups excluding tert-OH is 1. The second kappa shape index (κ2) is 5.44. The Bertz CT molecular complexity index is 524. The third-order valence-electron chi connectivity index (χ3n) is 8.53. The molecule has 0 aromatic rings. The van der Waals surface area contributed by atoms with E-state index in [4.69, 9.17) is 0 Å². The molecule has 0 amide bonds. The topological polar surface area (TPSA) is 37.3 Å². The van der Waals surface area contributed by atoms with Crippen LogP contribution < -0.4 is 0 Å². The van der Waals surface area contributed by atoms with Gasteiger partial charge in [-0.15, -0.1) is 0 Å². The van der Waals surface area contributed by atoms with Gasteiger partial charge in [0.05, 0.1) is 6.10 Å². The van der Waals surface area contributed by atoms with Gasteiger partial charge in [-0.2, -0.15) is 0 Å². The Balaban J connectivity index is 1.70. The fourth-order valence-corrected chi connectivity index (χ4v) is 7.44. The van der Waals surface area contributed by atoms with E-state index in [0.717, 1.165) is 12.7 Å². The van der Waals surface area contributed by atoms with Crippen molar-refractivity contribution in [3.05, 3.63) is 11.6 Å². The quantitative estimate of drug-likeness (QED) is 0.601. The lowest BCUT2D eigenvalue weighted by Gasteiger charge is -2.59. The molecule has 4 rings (SSSR count). The van der Waals surface area contributed by atoms with E-state index < -0.39 is 0 Å². The van der Waals surface area contributed by atoms with Gasteiger partial charge in [0, 0.05) is 6.42 Å². The van der Waals surface area contributed by atoms with E-state index in [2.05, 4.69) is 19.9 Å². The summed E-state index contributed by atoms with van der Waals surface area (Å²) in [5, 5.41) is 11.2. The minimum Gasteiger partial charge on any atom is -0.393 e. The highest BCUT2D eigenvalue weighted by atomic mass is 16.3. The van der Waals surface area contributed by atoms with Crippen molar-refractivity contribution in [2.24, 2.45) is 34.5 Å². The summed E-state index contributed by atoms with van der Waals surface area (Å²) in [6.07, 6.45) is 13.9. The molecule has 3 fully saturated rings. The normalized spacial score (nSPS) is 52.1. The second-order valence-corrected chi connectivity index (χ2v) is 9.34. The lowest BCUT2D eigenvalue weighted by molar-refractivity contribution is -0.125. The number of aliphatic hydroxyl groups is 1. The maximum absolute atomic E-state index is 11.2. The predicted octanol–water partition coefficient (Wildman–Crippen LogP) is 4.52. The molecule has 23 heavy (non-hydrogen) atoms. The van der Waals surface area contributed by atoms with Gasteiger partial charge in [0.1, 0.15) is 6.29 Å². The molecule has 7 atom stereocenters. The Morgan fingerprint density at radius 3 is 2.91 bits per heavy atom. The number of aldehydes is 1. The summed E-state index contributed by atoms with van der Waals surface area (Å²) in [7, 11) is 0. The average molecular weight is 316 g/mol. The third-order valence-corrected chi connectivity index (χ3v) is 8.53. The van der Waals surface area contributed by atoms with Crippen LogP contribution in [-0.4, -0.2) is 17.5 Å². The van der Waals surface area contributed by atoms with Gasteiger partial charge < -0.3 is 9.90 Å². The van der Waals surface area contributed by atoms with Gasteiger partial charge >= 0.3 is 0 Å². The first-order valence-electron chi connectivity index (χ1n) is 9.82. The van der Waals surface area contributed by atoms with Crippen molar-refractivity contribution in [2.45, 2.75) is 77.7 Å². The molecule has 2 nitrogen and oxygen atoms in total. The Morgan fingerprint density at radius 1 is 1.30 bits per heavy atom. The highest BCUT2D eigenvalue weighted by Crippen LogP contribution is 2.66. The van der Waals surface area contributed by atoms with Crippen molar-refractivity contribution in [3.63, 3.8) is 0 Å². The molecule has 0 heterocycles. The average Bonchev–Trinajstić information content (AvgIpc) is 2.83. The van der Waals surface area contributed by atoms with Crippen molar-refractivity contribution in [1.29, 1.82) is 0 Å². The minimum absolute atomic E-state index is 0.178. The molecule has 1 N–H and O–H groups in total. The Hall–Kier alpha value is -0.630. The fraction of sp³-hybridized carbons (Fsp3) is 0.857. The van der Waals surface area contributed by atoms with Crippen molar-refractivity contribution in [3.8, 4) is 0 Å². The van der Waals surface area contributed by atoms with Crippen LogP contribution in [0.25, 0.3) is 0 Å². The zero-order chi connectivity index (χ0) is 16.2. The molecule has 0 radical (unpaired) electrons. The van der Waals surface area contributed by atoms with Crippen LogP contribution in [0.2, 0.25) is 0 Å². The molecule has 0 aliphatic heterocycles. The van der Waals surface area contributed by atoms with Crippen LogP contribution >= 0.6 is 0 Å². The molecule has 4 aliphatic rings. The Kier molecular flexibility index (Phi) is 3.75. The molecule has 0 aromatic heterocycles. The molecular weight excluding hydrogens is 284 g/mol. The van der Waals surface area contributed by atoms with Crippen molar-refractivity contribution >= 4 is 6.29 Å². The van der Waals surface area contributed by atoms with Gasteiger partial charge in [-0.05, 0) is 79.4 Å². The van der Waals surface area contributed by atoms with Gasteiger partial charge in [0.25, 0.3) is 0 Å². The first kappa shape index (κ1) is 15.9. The first-order chi connectivity index (χ1) is 11.0. The van der Waals surface area contributed by atoms with Gasteiger partial charge in [-0.3, -0.25) is 0 Å². The molecule has 4 aliphatic carbocycles. The van der Waals surface area contributed by atoms with E-state index in [1.807, 2.05) is 0 Å². The molecule has 0 saturated heterocycles. The molecule has 0 unspecified atom stereocenters. The first-order valence-corrected chi connectivity index (χ1v) is 9.82. The van der Waals surface area contributed by atoms with Crippen LogP contribution in [0.3, 0.4) is 0 Å². The highest BCUT2D eigenvalue weighted by molar-refractivity contribution is 5.50. The fourth-order valence-electron chi connectivity index (χ4n) is 7.44. The second-order valence-electron chi connectivity index (χ2n) is 9.34. The number of hydrogen-bond acceptors (Lipinski definition) is 2. The molecule has 128 valence electrons. The summed E-state index contributed by atoms with van der Waals surface area (Å²) in [5.41, 5.74) is 2.07. The largest absolute Gasteiger partial charge is 0.393 e. The van der Waals surface area contributed by atoms with Crippen molar-refractivity contribution in [1.82, 2.24) is 0 Å². The molecule has 0 spiro atoms. The van der Waals surface area contributed by atoms with Crippen molar-refractivity contribution < 1.29 is 9.90 Å². The smallest absolute Gasteiger partial charge is 0.120 e. The standard InChI is InChI=1S/C21H32O2/c1-20-11-4-3-5-14(20)6-8-16-17-9-7-15(10-12-22)21(17,2)13-18(23)19(16)20/h6,12,15-19,23H,3-5,7-11,13H2,1-2H3/t15-,16+,17+,18+,19-,20+,21-/m1/s1. The van der Waals surface area contributed by atoms with E-state index in [1.54, 1.807) is 5.57 Å². The SMILES string of the molecule is C[C@]12C[C@H](O)[C@H]3[C@@H](CC=C4CCCC[C@@]43C)[C@@H]1CC[C@@H]2CC=O. The zero-order valence-electron chi connectivity index (χ0n) is 14.8. The van der Waals surface area contributed by atoms with Gasteiger partial charge in [0.2, 0.25) is 0 Å². The predicted molar refractivity (Wildman–Crippen MR) is 91.9 cm³/mol. The van der Waals surface area contributed by atoms with Crippen LogP contribution in [0.5, 0.6) is 0 Å². The van der Waals surface area contributed by atoms with Crippen LogP contribution in [-0.2, 0) is 4.79 Å². The monoisotopic (exact) mass is 316 g/mol. The number of carbonyl (C=O) groups is 1. The lowest BCUT2D eigenvalue weighted by Crippen LogP contribution is -2.55. The summed E-state index contributed by atoms with van der Waals surface area (Å²) < 4.78 is 0. The van der Waals surface area contributed by atoms with Crippen molar-refractivity contribution in [2.75, 3.05) is 0 Å². The number of carbonyl (C=O) groups excluding carboxylic acids is 1. The van der Waals surface area contributed by atoms with E-state index in [-0.39, 0.29) is 16.9 Å². The molecule has 3 saturated carbocycles. The summed E-state index contributed by atoms with van der Waals surface area (Å²) in [5.74, 6) is 2.28. The third kappa shape index (κ3) is 2.13. The van der Waals surface area contributed by atoms with Gasteiger partial charge in [0.15, 0.2) is 0 Å². The number of fused-ring (bicyclic) bond motifs is 5. The number of allylic oxidation sites excluding steroid dienone is 2. The van der Waals surface area contributed by atoms with E-state index >= 15 is 0 Å². The van der Waals surface area contributed by atoms with Gasteiger partial charge in [-0.1, -0.05) is 31.9 Å². The minimum atomic E-state index is -0.180. The van der Waals surface area contributed by atoms with Crippen LogP contribution in [0.15, 0.2) is 11.6 Å².